The van der Waals surface area contributed by atoms with E-state index in [2.05, 4.69) is 5.32 Å². The zero-order valence-corrected chi connectivity index (χ0v) is 12.4. The van der Waals surface area contributed by atoms with E-state index < -0.39 is 0 Å². The summed E-state index contributed by atoms with van der Waals surface area (Å²) < 4.78 is 0.735. The normalized spacial score (nSPS) is 10.2. The lowest BCUT2D eigenvalue weighted by molar-refractivity contribution is 0.0953. The monoisotopic (exact) mass is 367 g/mol. The molecule has 0 aliphatic carbocycles. The first-order valence-corrected chi connectivity index (χ1v) is 7.05. The lowest BCUT2D eigenvalue weighted by Crippen LogP contribution is -2.25. The minimum Gasteiger partial charge on any atom is -0.507 e. The molecule has 2 aromatic rings. The molecule has 2 aromatic carbocycles. The van der Waals surface area contributed by atoms with Gasteiger partial charge in [0.2, 0.25) is 0 Å². The molecular formula is C15H14INO2. The summed E-state index contributed by atoms with van der Waals surface area (Å²) in [6.07, 6.45) is 0.795. The molecule has 98 valence electrons. The van der Waals surface area contributed by atoms with Crippen LogP contribution in [-0.4, -0.2) is 17.6 Å². The molecule has 0 unspecified atom stereocenters. The molecule has 2 rings (SSSR count). The lowest BCUT2D eigenvalue weighted by atomic mass is 10.1. The standard InChI is InChI=1S/C15H14INO2/c16-13-7-6-12(10-14(13)18)15(19)17-9-8-11-4-2-1-3-5-11/h1-7,10,18H,8-9H2,(H,17,19). The van der Waals surface area contributed by atoms with Crippen molar-refractivity contribution in [2.75, 3.05) is 6.54 Å². The summed E-state index contributed by atoms with van der Waals surface area (Å²) >= 11 is 2.02. The third kappa shape index (κ3) is 3.96. The van der Waals surface area contributed by atoms with Gasteiger partial charge in [0.25, 0.3) is 5.91 Å². The van der Waals surface area contributed by atoms with Gasteiger partial charge in [-0.2, -0.15) is 0 Å². The van der Waals surface area contributed by atoms with Crippen molar-refractivity contribution in [1.29, 1.82) is 0 Å². The molecular weight excluding hydrogens is 353 g/mol. The number of halogens is 1. The van der Waals surface area contributed by atoms with Crippen LogP contribution in [0.5, 0.6) is 5.75 Å². The Morgan fingerprint density at radius 1 is 1.16 bits per heavy atom. The van der Waals surface area contributed by atoms with E-state index in [9.17, 15) is 9.90 Å². The van der Waals surface area contributed by atoms with Crippen molar-refractivity contribution in [1.82, 2.24) is 5.32 Å². The van der Waals surface area contributed by atoms with E-state index in [0.717, 1.165) is 9.99 Å². The van der Waals surface area contributed by atoms with Gasteiger partial charge in [-0.1, -0.05) is 30.3 Å². The number of amides is 1. The van der Waals surface area contributed by atoms with E-state index in [0.29, 0.717) is 12.1 Å². The Labute approximate surface area is 125 Å². The van der Waals surface area contributed by atoms with Crippen LogP contribution >= 0.6 is 22.6 Å². The quantitative estimate of drug-likeness (QED) is 0.817. The zero-order chi connectivity index (χ0) is 13.7. The Morgan fingerprint density at radius 3 is 2.58 bits per heavy atom. The molecule has 0 fully saturated rings. The lowest BCUT2D eigenvalue weighted by Gasteiger charge is -2.06. The van der Waals surface area contributed by atoms with Crippen LogP contribution in [0.2, 0.25) is 0 Å². The maximum atomic E-state index is 11.9. The van der Waals surface area contributed by atoms with E-state index in [1.165, 1.54) is 11.6 Å². The highest BCUT2D eigenvalue weighted by atomic mass is 127. The molecule has 0 saturated heterocycles. The molecule has 0 heterocycles. The summed E-state index contributed by atoms with van der Waals surface area (Å²) in [7, 11) is 0. The van der Waals surface area contributed by atoms with Crippen molar-refractivity contribution < 1.29 is 9.90 Å². The first-order valence-electron chi connectivity index (χ1n) is 5.97. The molecule has 0 aliphatic rings. The molecule has 2 N–H and O–H groups in total. The second kappa shape index (κ2) is 6.56. The summed E-state index contributed by atoms with van der Waals surface area (Å²) in [5, 5.41) is 12.4. The number of hydrogen-bond acceptors (Lipinski definition) is 2. The molecule has 0 atom stereocenters. The van der Waals surface area contributed by atoms with E-state index in [1.807, 2.05) is 52.9 Å². The Morgan fingerprint density at radius 2 is 1.89 bits per heavy atom. The van der Waals surface area contributed by atoms with E-state index in [1.54, 1.807) is 12.1 Å². The van der Waals surface area contributed by atoms with Crippen LogP contribution in [0.25, 0.3) is 0 Å². The minimum absolute atomic E-state index is 0.135. The highest BCUT2D eigenvalue weighted by Crippen LogP contribution is 2.20. The first kappa shape index (κ1) is 13.9. The number of carbonyl (C=O) groups is 1. The molecule has 0 radical (unpaired) electrons. The Bertz CT molecular complexity index is 570. The molecule has 1 amide bonds. The van der Waals surface area contributed by atoms with Gasteiger partial charge in [0.15, 0.2) is 0 Å². The fraction of sp³-hybridized carbons (Fsp3) is 0.133. The van der Waals surface area contributed by atoms with Crippen molar-refractivity contribution >= 4 is 28.5 Å². The van der Waals surface area contributed by atoms with Crippen LogP contribution in [0, 0.1) is 3.57 Å². The summed E-state index contributed by atoms with van der Waals surface area (Å²) in [4.78, 5) is 11.9. The highest BCUT2D eigenvalue weighted by molar-refractivity contribution is 14.1. The average Bonchev–Trinajstić information content (AvgIpc) is 2.43. The van der Waals surface area contributed by atoms with Crippen molar-refractivity contribution in [2.24, 2.45) is 0 Å². The Hall–Kier alpha value is -1.56. The number of aromatic hydroxyl groups is 1. The number of carbonyl (C=O) groups excluding carboxylic acids is 1. The molecule has 0 bridgehead atoms. The maximum Gasteiger partial charge on any atom is 0.251 e. The molecule has 4 heteroatoms. The van der Waals surface area contributed by atoms with Gasteiger partial charge in [0.05, 0.1) is 3.57 Å². The van der Waals surface area contributed by atoms with Gasteiger partial charge in [-0.25, -0.2) is 0 Å². The smallest absolute Gasteiger partial charge is 0.251 e. The number of phenolic OH excluding ortho intramolecular Hbond substituents is 1. The van der Waals surface area contributed by atoms with E-state index in [-0.39, 0.29) is 11.7 Å². The molecule has 0 saturated carbocycles. The molecule has 3 nitrogen and oxygen atoms in total. The number of nitrogens with one attached hydrogen (secondary N) is 1. The Balaban J connectivity index is 1.89. The maximum absolute atomic E-state index is 11.9. The minimum atomic E-state index is -0.164. The number of rotatable bonds is 4. The van der Waals surface area contributed by atoms with Crippen LogP contribution < -0.4 is 5.32 Å². The number of phenols is 1. The second-order valence-electron chi connectivity index (χ2n) is 4.16. The predicted octanol–water partition coefficient (Wildman–Crippen LogP) is 2.97. The average molecular weight is 367 g/mol. The number of hydrogen-bond donors (Lipinski definition) is 2. The van der Waals surface area contributed by atoms with Crippen molar-refractivity contribution in [3.63, 3.8) is 0 Å². The summed E-state index contributed by atoms with van der Waals surface area (Å²) in [6, 6.07) is 14.9. The molecule has 0 aliphatic heterocycles. The van der Waals surface area contributed by atoms with Gasteiger partial charge in [0.1, 0.15) is 5.75 Å². The third-order valence-electron chi connectivity index (χ3n) is 2.75. The molecule has 19 heavy (non-hydrogen) atoms. The molecule has 0 aromatic heterocycles. The molecule has 0 spiro atoms. The highest BCUT2D eigenvalue weighted by Gasteiger charge is 2.07. The van der Waals surface area contributed by atoms with Gasteiger partial charge in [-0.15, -0.1) is 0 Å². The van der Waals surface area contributed by atoms with Crippen LogP contribution in [0.3, 0.4) is 0 Å². The van der Waals surface area contributed by atoms with E-state index >= 15 is 0 Å². The van der Waals surface area contributed by atoms with Gasteiger partial charge >= 0.3 is 0 Å². The largest absolute Gasteiger partial charge is 0.507 e. The SMILES string of the molecule is O=C(NCCc1ccccc1)c1ccc(I)c(O)c1. The van der Waals surface area contributed by atoms with Crippen LogP contribution in [0.4, 0.5) is 0 Å². The summed E-state index contributed by atoms with van der Waals surface area (Å²) in [5.41, 5.74) is 1.67. The summed E-state index contributed by atoms with van der Waals surface area (Å²) in [5.74, 6) is -0.0288. The summed E-state index contributed by atoms with van der Waals surface area (Å²) in [6.45, 7) is 0.579. The zero-order valence-electron chi connectivity index (χ0n) is 10.3. The van der Waals surface area contributed by atoms with Gasteiger partial charge in [0, 0.05) is 12.1 Å². The predicted molar refractivity (Wildman–Crippen MR) is 83.3 cm³/mol. The van der Waals surface area contributed by atoms with Crippen molar-refractivity contribution in [3.05, 3.63) is 63.2 Å². The van der Waals surface area contributed by atoms with Crippen LogP contribution in [0.1, 0.15) is 15.9 Å². The van der Waals surface area contributed by atoms with Crippen LogP contribution in [0.15, 0.2) is 48.5 Å². The first-order chi connectivity index (χ1) is 9.16. The fourth-order valence-corrected chi connectivity index (χ4v) is 2.06. The third-order valence-corrected chi connectivity index (χ3v) is 3.66. The van der Waals surface area contributed by atoms with Crippen LogP contribution in [-0.2, 0) is 6.42 Å². The Kier molecular flexibility index (Phi) is 4.79. The van der Waals surface area contributed by atoms with Crippen molar-refractivity contribution in [2.45, 2.75) is 6.42 Å². The topological polar surface area (TPSA) is 49.3 Å². The van der Waals surface area contributed by atoms with E-state index in [4.69, 9.17) is 0 Å². The second-order valence-corrected chi connectivity index (χ2v) is 5.32. The van der Waals surface area contributed by atoms with Gasteiger partial charge in [-0.3, -0.25) is 4.79 Å². The van der Waals surface area contributed by atoms with Crippen molar-refractivity contribution in [3.8, 4) is 5.75 Å². The number of benzene rings is 2. The van der Waals surface area contributed by atoms with Gasteiger partial charge < -0.3 is 10.4 Å². The van der Waals surface area contributed by atoms with Gasteiger partial charge in [-0.05, 0) is 52.8 Å². The fourth-order valence-electron chi connectivity index (χ4n) is 1.72.